The van der Waals surface area contributed by atoms with Gasteiger partial charge in [-0.25, -0.2) is 4.79 Å². The molecule has 3 nitrogen and oxygen atoms in total. The third kappa shape index (κ3) is 2.36. The number of amides is 2. The maximum absolute atomic E-state index is 11.9. The van der Waals surface area contributed by atoms with Gasteiger partial charge in [0.1, 0.15) is 0 Å². The fourth-order valence-corrected chi connectivity index (χ4v) is 2.94. The second-order valence-corrected chi connectivity index (χ2v) is 5.43. The number of urea groups is 1. The monoisotopic (exact) mass is 262 g/mol. The number of rotatable bonds is 2. The molecule has 2 amide bonds. The van der Waals surface area contributed by atoms with Crippen LogP contribution in [0.5, 0.6) is 0 Å². The third-order valence-corrected chi connectivity index (χ3v) is 3.95. The van der Waals surface area contributed by atoms with Crippen molar-refractivity contribution < 1.29 is 4.79 Å². The van der Waals surface area contributed by atoms with Gasteiger partial charge in [-0.3, -0.25) is 0 Å². The Balaban J connectivity index is 1.56. The summed E-state index contributed by atoms with van der Waals surface area (Å²) in [6.07, 6.45) is 6.74. The van der Waals surface area contributed by atoms with Crippen molar-refractivity contribution in [2.24, 2.45) is 11.8 Å². The summed E-state index contributed by atoms with van der Waals surface area (Å²) in [6.45, 7) is 0. The highest BCUT2D eigenvalue weighted by Crippen LogP contribution is 2.38. The van der Waals surface area contributed by atoms with Gasteiger partial charge in [0, 0.05) is 16.8 Å². The average Bonchev–Trinajstić information content (AvgIpc) is 2.94. The van der Waals surface area contributed by atoms with Crippen LogP contribution in [-0.2, 0) is 0 Å². The number of fused-ring (bicyclic) bond motifs is 2. The smallest absolute Gasteiger partial charge is 0.319 e. The molecule has 1 aromatic rings. The maximum atomic E-state index is 11.9. The molecule has 94 valence electrons. The number of carbonyl (C=O) groups is 1. The SMILES string of the molecule is O=C(Nc1ccc(Cl)cc1)NC1CC2C=CC1C2. The summed E-state index contributed by atoms with van der Waals surface area (Å²) in [4.78, 5) is 11.9. The summed E-state index contributed by atoms with van der Waals surface area (Å²) in [5, 5.41) is 6.53. The topological polar surface area (TPSA) is 41.1 Å². The first-order valence-electron chi connectivity index (χ1n) is 6.22. The van der Waals surface area contributed by atoms with Gasteiger partial charge in [-0.1, -0.05) is 23.8 Å². The van der Waals surface area contributed by atoms with E-state index in [-0.39, 0.29) is 12.1 Å². The van der Waals surface area contributed by atoms with Gasteiger partial charge in [-0.2, -0.15) is 0 Å². The lowest BCUT2D eigenvalue weighted by Crippen LogP contribution is -2.40. The molecule has 2 aliphatic carbocycles. The molecule has 0 spiro atoms. The Morgan fingerprint density at radius 1 is 1.17 bits per heavy atom. The molecule has 3 atom stereocenters. The molecule has 2 aliphatic rings. The highest BCUT2D eigenvalue weighted by molar-refractivity contribution is 6.30. The molecule has 2 N–H and O–H groups in total. The molecule has 0 saturated heterocycles. The second-order valence-electron chi connectivity index (χ2n) is 4.99. The molecular weight excluding hydrogens is 248 g/mol. The van der Waals surface area contributed by atoms with E-state index in [0.29, 0.717) is 16.9 Å². The molecule has 4 heteroatoms. The van der Waals surface area contributed by atoms with Crippen LogP contribution in [0.4, 0.5) is 10.5 Å². The van der Waals surface area contributed by atoms with Crippen molar-refractivity contribution in [1.82, 2.24) is 5.32 Å². The number of nitrogens with one attached hydrogen (secondary N) is 2. The molecule has 0 aromatic heterocycles. The Bertz CT molecular complexity index is 483. The molecule has 0 radical (unpaired) electrons. The van der Waals surface area contributed by atoms with Crippen molar-refractivity contribution in [3.05, 3.63) is 41.4 Å². The minimum atomic E-state index is -0.136. The van der Waals surface area contributed by atoms with Gasteiger partial charge in [0.25, 0.3) is 0 Å². The summed E-state index contributed by atoms with van der Waals surface area (Å²) in [7, 11) is 0. The lowest BCUT2D eigenvalue weighted by Gasteiger charge is -2.20. The zero-order valence-electron chi connectivity index (χ0n) is 9.90. The van der Waals surface area contributed by atoms with Crippen LogP contribution in [0.2, 0.25) is 5.02 Å². The van der Waals surface area contributed by atoms with Gasteiger partial charge >= 0.3 is 6.03 Å². The van der Waals surface area contributed by atoms with Crippen molar-refractivity contribution in [1.29, 1.82) is 0 Å². The molecule has 2 bridgehead atoms. The third-order valence-electron chi connectivity index (χ3n) is 3.70. The van der Waals surface area contributed by atoms with Crippen LogP contribution in [0.3, 0.4) is 0 Å². The van der Waals surface area contributed by atoms with Crippen molar-refractivity contribution in [3.8, 4) is 0 Å². The van der Waals surface area contributed by atoms with Gasteiger partial charge in [0.05, 0.1) is 0 Å². The van der Waals surface area contributed by atoms with Crippen LogP contribution in [0.1, 0.15) is 12.8 Å². The fourth-order valence-electron chi connectivity index (χ4n) is 2.82. The largest absolute Gasteiger partial charge is 0.335 e. The van der Waals surface area contributed by atoms with E-state index in [2.05, 4.69) is 22.8 Å². The average molecular weight is 263 g/mol. The van der Waals surface area contributed by atoms with E-state index < -0.39 is 0 Å². The summed E-state index contributed by atoms with van der Waals surface area (Å²) in [5.41, 5.74) is 0.760. The molecule has 18 heavy (non-hydrogen) atoms. The molecule has 3 unspecified atom stereocenters. The van der Waals surface area contributed by atoms with E-state index in [1.54, 1.807) is 24.3 Å². The first kappa shape index (κ1) is 11.6. The van der Waals surface area contributed by atoms with Crippen LogP contribution < -0.4 is 10.6 Å². The number of carbonyl (C=O) groups excluding carboxylic acids is 1. The highest BCUT2D eigenvalue weighted by atomic mass is 35.5. The molecule has 0 aliphatic heterocycles. The van der Waals surface area contributed by atoms with E-state index in [4.69, 9.17) is 11.6 Å². The predicted octanol–water partition coefficient (Wildman–Crippen LogP) is 3.43. The van der Waals surface area contributed by atoms with Crippen LogP contribution in [-0.4, -0.2) is 12.1 Å². The summed E-state index contributed by atoms with van der Waals surface area (Å²) < 4.78 is 0. The fraction of sp³-hybridized carbons (Fsp3) is 0.357. The number of benzene rings is 1. The van der Waals surface area contributed by atoms with E-state index in [9.17, 15) is 4.79 Å². The molecule has 3 rings (SSSR count). The van der Waals surface area contributed by atoms with Crippen LogP contribution in [0.15, 0.2) is 36.4 Å². The minimum Gasteiger partial charge on any atom is -0.335 e. The van der Waals surface area contributed by atoms with Gasteiger partial charge in [0.2, 0.25) is 0 Å². The summed E-state index contributed by atoms with van der Waals surface area (Å²) in [6, 6.07) is 7.26. The van der Waals surface area contributed by atoms with Crippen LogP contribution >= 0.6 is 11.6 Å². The predicted molar refractivity (Wildman–Crippen MR) is 72.7 cm³/mol. The molecule has 1 aromatic carbocycles. The zero-order valence-corrected chi connectivity index (χ0v) is 10.7. The van der Waals surface area contributed by atoms with Crippen molar-refractivity contribution in [2.75, 3.05) is 5.32 Å². The second kappa shape index (κ2) is 4.65. The first-order valence-corrected chi connectivity index (χ1v) is 6.60. The molecule has 0 heterocycles. The van der Waals surface area contributed by atoms with Gasteiger partial charge in [-0.05, 0) is 48.9 Å². The lowest BCUT2D eigenvalue weighted by atomic mass is 10.0. The van der Waals surface area contributed by atoms with E-state index >= 15 is 0 Å². The summed E-state index contributed by atoms with van der Waals surface area (Å²) in [5.74, 6) is 1.18. The maximum Gasteiger partial charge on any atom is 0.319 e. The van der Waals surface area contributed by atoms with Gasteiger partial charge < -0.3 is 10.6 Å². The van der Waals surface area contributed by atoms with Crippen molar-refractivity contribution in [2.45, 2.75) is 18.9 Å². The Kier molecular flexibility index (Phi) is 3.00. The normalized spacial score (nSPS) is 28.4. The number of anilines is 1. The Labute approximate surface area is 111 Å². The van der Waals surface area contributed by atoms with Gasteiger partial charge in [-0.15, -0.1) is 0 Å². The van der Waals surface area contributed by atoms with Crippen LogP contribution in [0.25, 0.3) is 0 Å². The lowest BCUT2D eigenvalue weighted by molar-refractivity contribution is 0.246. The number of halogens is 1. The molecular formula is C14H15ClN2O. The quantitative estimate of drug-likeness (QED) is 0.788. The summed E-state index contributed by atoms with van der Waals surface area (Å²) >= 11 is 5.79. The number of allylic oxidation sites excluding steroid dienone is 1. The van der Waals surface area contributed by atoms with E-state index in [0.717, 1.165) is 12.1 Å². The Morgan fingerprint density at radius 2 is 1.94 bits per heavy atom. The molecule has 1 saturated carbocycles. The van der Waals surface area contributed by atoms with Gasteiger partial charge in [0.15, 0.2) is 0 Å². The minimum absolute atomic E-state index is 0.136. The molecule has 1 fully saturated rings. The standard InChI is InChI=1S/C14H15ClN2O/c15-11-3-5-12(6-4-11)16-14(18)17-13-8-9-1-2-10(13)7-9/h1-6,9-10,13H,7-8H2,(H2,16,17,18). The first-order chi connectivity index (χ1) is 8.70. The van der Waals surface area contributed by atoms with Crippen LogP contribution in [0, 0.1) is 11.8 Å². The van der Waals surface area contributed by atoms with Crippen molar-refractivity contribution >= 4 is 23.3 Å². The number of hydrogen-bond donors (Lipinski definition) is 2. The van der Waals surface area contributed by atoms with E-state index in [1.807, 2.05) is 0 Å². The zero-order chi connectivity index (χ0) is 12.5. The van der Waals surface area contributed by atoms with E-state index in [1.165, 1.54) is 6.42 Å². The Morgan fingerprint density at radius 3 is 2.56 bits per heavy atom. The number of hydrogen-bond acceptors (Lipinski definition) is 1. The highest BCUT2D eigenvalue weighted by Gasteiger charge is 2.36. The Hall–Kier alpha value is -1.48. The van der Waals surface area contributed by atoms with Crippen molar-refractivity contribution in [3.63, 3.8) is 0 Å².